The van der Waals surface area contributed by atoms with Crippen molar-refractivity contribution in [2.45, 2.75) is 33.0 Å². The molecule has 0 aliphatic carbocycles. The van der Waals surface area contributed by atoms with Crippen molar-refractivity contribution in [2.24, 2.45) is 0 Å². The molecule has 0 aromatic carbocycles. The lowest BCUT2D eigenvalue weighted by Crippen LogP contribution is -2.24. The third kappa shape index (κ3) is 5.20. The van der Waals surface area contributed by atoms with Crippen molar-refractivity contribution in [3.05, 3.63) is 11.9 Å². The van der Waals surface area contributed by atoms with Crippen molar-refractivity contribution >= 4 is 11.6 Å². The normalized spacial score (nSPS) is 13.1. The Morgan fingerprint density at radius 2 is 1.90 bits per heavy atom. The second-order valence-electron chi connectivity index (χ2n) is 4.19. The minimum atomic E-state index is -4.58. The van der Waals surface area contributed by atoms with Gasteiger partial charge in [0.1, 0.15) is 11.6 Å². The number of alkyl halides is 3. The average molecular weight is 292 g/mol. The first kappa shape index (κ1) is 16.5. The quantitative estimate of drug-likeness (QED) is 0.809. The smallest absolute Gasteiger partial charge is 0.380 e. The lowest BCUT2D eigenvalue weighted by atomic mass is 10.3. The van der Waals surface area contributed by atoms with Gasteiger partial charge in [0.05, 0.1) is 6.61 Å². The van der Waals surface area contributed by atoms with E-state index in [4.69, 9.17) is 4.74 Å². The summed E-state index contributed by atoms with van der Waals surface area (Å²) in [7, 11) is 0. The molecule has 0 aliphatic heterocycles. The van der Waals surface area contributed by atoms with Gasteiger partial charge in [0.2, 0.25) is 5.82 Å². The van der Waals surface area contributed by atoms with Crippen LogP contribution in [0.5, 0.6) is 0 Å². The predicted molar refractivity (Wildman–Crippen MR) is 70.8 cm³/mol. The van der Waals surface area contributed by atoms with Crippen LogP contribution in [0.25, 0.3) is 0 Å². The molecule has 0 spiro atoms. The summed E-state index contributed by atoms with van der Waals surface area (Å²) in [4.78, 5) is 6.94. The van der Waals surface area contributed by atoms with Crippen LogP contribution in [0, 0.1) is 0 Å². The Morgan fingerprint density at radius 3 is 2.45 bits per heavy atom. The molecule has 0 bridgehead atoms. The predicted octanol–water partition coefficient (Wildman–Crippen LogP) is 2.76. The van der Waals surface area contributed by atoms with Crippen LogP contribution in [-0.2, 0) is 10.9 Å². The van der Waals surface area contributed by atoms with Crippen molar-refractivity contribution in [1.82, 2.24) is 9.97 Å². The molecular formula is C12H19F3N4O. The van der Waals surface area contributed by atoms with Gasteiger partial charge in [-0.3, -0.25) is 0 Å². The van der Waals surface area contributed by atoms with E-state index in [-0.39, 0.29) is 17.7 Å². The van der Waals surface area contributed by atoms with E-state index in [2.05, 4.69) is 20.6 Å². The van der Waals surface area contributed by atoms with Crippen LogP contribution in [0.15, 0.2) is 6.07 Å². The lowest BCUT2D eigenvalue weighted by molar-refractivity contribution is -0.144. The molecule has 0 fully saturated rings. The van der Waals surface area contributed by atoms with Crippen LogP contribution in [0.3, 0.4) is 0 Å². The number of halogens is 3. The number of nitrogens with zero attached hydrogens (tertiary/aromatic N) is 2. The van der Waals surface area contributed by atoms with E-state index in [0.717, 1.165) is 0 Å². The molecular weight excluding hydrogens is 273 g/mol. The maximum Gasteiger partial charge on any atom is 0.451 e. The van der Waals surface area contributed by atoms with Gasteiger partial charge in [0.25, 0.3) is 0 Å². The van der Waals surface area contributed by atoms with Gasteiger partial charge in [-0.2, -0.15) is 13.2 Å². The van der Waals surface area contributed by atoms with Crippen LogP contribution in [-0.4, -0.2) is 35.8 Å². The van der Waals surface area contributed by atoms with Gasteiger partial charge in [-0.1, -0.05) is 0 Å². The molecule has 1 heterocycles. The third-order valence-corrected chi connectivity index (χ3v) is 2.30. The largest absolute Gasteiger partial charge is 0.451 e. The highest BCUT2D eigenvalue weighted by Crippen LogP contribution is 2.28. The molecule has 2 N–H and O–H groups in total. The minimum Gasteiger partial charge on any atom is -0.380 e. The Balaban J connectivity index is 2.91. The van der Waals surface area contributed by atoms with Gasteiger partial charge in [-0.25, -0.2) is 9.97 Å². The standard InChI is InChI=1S/C12H19F3N4O/c1-4-16-9-6-10(17-8(3)7-20-5-2)19-11(18-9)12(13,14)15/h6,8H,4-5,7H2,1-3H3,(H2,16,17,18,19). The van der Waals surface area contributed by atoms with E-state index >= 15 is 0 Å². The molecule has 0 aliphatic rings. The highest BCUT2D eigenvalue weighted by Gasteiger charge is 2.35. The molecule has 0 saturated heterocycles. The second kappa shape index (κ2) is 7.28. The molecule has 5 nitrogen and oxygen atoms in total. The Hall–Kier alpha value is -1.57. The fourth-order valence-electron chi connectivity index (χ4n) is 1.51. The first-order chi connectivity index (χ1) is 9.36. The molecule has 0 radical (unpaired) electrons. The topological polar surface area (TPSA) is 59.1 Å². The fourth-order valence-corrected chi connectivity index (χ4v) is 1.51. The van der Waals surface area contributed by atoms with Gasteiger partial charge >= 0.3 is 6.18 Å². The monoisotopic (exact) mass is 292 g/mol. The highest BCUT2D eigenvalue weighted by atomic mass is 19.4. The molecule has 114 valence electrons. The van der Waals surface area contributed by atoms with Crippen LogP contribution < -0.4 is 10.6 Å². The SMILES string of the molecule is CCNc1cc(NC(C)COCC)nc(C(F)(F)F)n1. The summed E-state index contributed by atoms with van der Waals surface area (Å²) in [6, 6.07) is 1.29. The number of hydrogen-bond acceptors (Lipinski definition) is 5. The van der Waals surface area contributed by atoms with Crippen molar-refractivity contribution in [3.63, 3.8) is 0 Å². The zero-order valence-electron chi connectivity index (χ0n) is 11.7. The second-order valence-corrected chi connectivity index (χ2v) is 4.19. The van der Waals surface area contributed by atoms with E-state index in [1.807, 2.05) is 6.92 Å². The summed E-state index contributed by atoms with van der Waals surface area (Å²) in [5.74, 6) is -0.904. The fraction of sp³-hybridized carbons (Fsp3) is 0.667. The molecule has 0 saturated carbocycles. The van der Waals surface area contributed by atoms with E-state index < -0.39 is 12.0 Å². The molecule has 20 heavy (non-hydrogen) atoms. The number of anilines is 2. The Bertz CT molecular complexity index is 426. The highest BCUT2D eigenvalue weighted by molar-refractivity contribution is 5.48. The summed E-state index contributed by atoms with van der Waals surface area (Å²) in [6.07, 6.45) is -4.58. The zero-order chi connectivity index (χ0) is 15.2. The van der Waals surface area contributed by atoms with Crippen molar-refractivity contribution in [1.29, 1.82) is 0 Å². The molecule has 8 heteroatoms. The maximum absolute atomic E-state index is 12.7. The van der Waals surface area contributed by atoms with Crippen molar-refractivity contribution in [2.75, 3.05) is 30.4 Å². The maximum atomic E-state index is 12.7. The van der Waals surface area contributed by atoms with E-state index in [9.17, 15) is 13.2 Å². The summed E-state index contributed by atoms with van der Waals surface area (Å²) in [5.41, 5.74) is 0. The van der Waals surface area contributed by atoms with Crippen molar-refractivity contribution in [3.8, 4) is 0 Å². The molecule has 1 rings (SSSR count). The Kier molecular flexibility index (Phi) is 6.00. The van der Waals surface area contributed by atoms with Crippen LogP contribution in [0.1, 0.15) is 26.6 Å². The third-order valence-electron chi connectivity index (χ3n) is 2.30. The molecule has 1 unspecified atom stereocenters. The van der Waals surface area contributed by atoms with Crippen LogP contribution in [0.2, 0.25) is 0 Å². The average Bonchev–Trinajstić information content (AvgIpc) is 2.35. The Morgan fingerprint density at radius 1 is 1.25 bits per heavy atom. The zero-order valence-corrected chi connectivity index (χ0v) is 11.7. The van der Waals surface area contributed by atoms with Gasteiger partial charge in [-0.05, 0) is 20.8 Å². The van der Waals surface area contributed by atoms with E-state index in [1.165, 1.54) is 6.07 Å². The number of aromatic nitrogens is 2. The number of ether oxygens (including phenoxy) is 1. The van der Waals surface area contributed by atoms with E-state index in [1.54, 1.807) is 13.8 Å². The summed E-state index contributed by atoms with van der Waals surface area (Å²) < 4.78 is 43.4. The first-order valence-electron chi connectivity index (χ1n) is 6.41. The Labute approximate surface area is 116 Å². The van der Waals surface area contributed by atoms with Gasteiger partial charge in [0.15, 0.2) is 0 Å². The molecule has 1 aromatic heterocycles. The van der Waals surface area contributed by atoms with Crippen molar-refractivity contribution < 1.29 is 17.9 Å². The first-order valence-corrected chi connectivity index (χ1v) is 6.41. The molecule has 1 atom stereocenters. The van der Waals surface area contributed by atoms with Crippen LogP contribution in [0.4, 0.5) is 24.8 Å². The number of hydrogen-bond donors (Lipinski definition) is 2. The summed E-state index contributed by atoms with van der Waals surface area (Å²) >= 11 is 0. The minimum absolute atomic E-state index is 0.121. The van der Waals surface area contributed by atoms with Gasteiger partial charge < -0.3 is 15.4 Å². The lowest BCUT2D eigenvalue weighted by Gasteiger charge is -2.16. The van der Waals surface area contributed by atoms with Crippen LogP contribution >= 0.6 is 0 Å². The number of nitrogens with one attached hydrogen (secondary N) is 2. The van der Waals surface area contributed by atoms with E-state index in [0.29, 0.717) is 19.8 Å². The molecule has 0 amide bonds. The molecule has 1 aromatic rings. The number of rotatable bonds is 7. The summed E-state index contributed by atoms with van der Waals surface area (Å²) in [5, 5.41) is 5.63. The van der Waals surface area contributed by atoms with Gasteiger partial charge in [0, 0.05) is 25.3 Å². The van der Waals surface area contributed by atoms with Gasteiger partial charge in [-0.15, -0.1) is 0 Å². The summed E-state index contributed by atoms with van der Waals surface area (Å²) in [6.45, 7) is 6.84.